The molecule has 0 unspecified atom stereocenters. The third-order valence-corrected chi connectivity index (χ3v) is 10.7. The summed E-state index contributed by atoms with van der Waals surface area (Å²) in [6.07, 6.45) is 0. The molecule has 4 heteroatoms. The lowest BCUT2D eigenvalue weighted by Gasteiger charge is -2.13. The van der Waals surface area contributed by atoms with Gasteiger partial charge in [-0.05, 0) is 35.4 Å². The standard InChI is InChI=1S/C45H27N3S/c1-2-11-28(12-3-1)31-13-10-14-32(27-31)45-47-39-19-8-5-17-36(39)42(48-45)29-21-23-30(24-22-29)43-37-26-25-34-33-15-6-9-20-40(33)49-44(34)41(37)35-16-4-7-18-38(35)46-43/h1-27H. The highest BCUT2D eigenvalue weighted by Crippen LogP contribution is 2.43. The van der Waals surface area contributed by atoms with Crippen molar-refractivity contribution in [3.05, 3.63) is 164 Å². The number of nitrogens with zero attached hydrogens (tertiary/aromatic N) is 3. The Morgan fingerprint density at radius 2 is 0.939 bits per heavy atom. The van der Waals surface area contributed by atoms with Crippen LogP contribution in [-0.4, -0.2) is 15.0 Å². The zero-order valence-electron chi connectivity index (χ0n) is 26.3. The van der Waals surface area contributed by atoms with E-state index in [1.807, 2.05) is 23.5 Å². The molecule has 3 aromatic heterocycles. The van der Waals surface area contributed by atoms with Gasteiger partial charge >= 0.3 is 0 Å². The average Bonchev–Trinajstić information content (AvgIpc) is 3.56. The Balaban J connectivity index is 1.13. The Bertz CT molecular complexity index is 2870. The number of pyridine rings is 1. The normalized spacial score (nSPS) is 11.7. The molecule has 3 heterocycles. The van der Waals surface area contributed by atoms with E-state index in [0.29, 0.717) is 5.82 Å². The van der Waals surface area contributed by atoms with E-state index in [1.54, 1.807) is 0 Å². The molecule has 0 aliphatic heterocycles. The number of rotatable bonds is 4. The van der Waals surface area contributed by atoms with Crippen LogP contribution in [-0.2, 0) is 0 Å². The fourth-order valence-corrected chi connectivity index (χ4v) is 8.38. The van der Waals surface area contributed by atoms with Crippen LogP contribution in [0.1, 0.15) is 0 Å². The molecule has 0 bridgehead atoms. The first-order valence-electron chi connectivity index (χ1n) is 16.4. The second-order valence-electron chi connectivity index (χ2n) is 12.4. The SMILES string of the molecule is c1ccc(-c2cccc(-c3nc(-c4ccc(-c5nc6ccccc6c6c5ccc5c7ccccc7sc56)cc4)c4ccccc4n3)c2)cc1. The Kier molecular flexibility index (Phi) is 6.36. The number of benzene rings is 7. The first kappa shape index (κ1) is 27.8. The number of fused-ring (bicyclic) bond motifs is 8. The molecular weight excluding hydrogens is 615 g/mol. The van der Waals surface area contributed by atoms with E-state index in [9.17, 15) is 0 Å². The molecule has 7 aromatic carbocycles. The van der Waals surface area contributed by atoms with Crippen molar-refractivity contribution in [2.45, 2.75) is 0 Å². The summed E-state index contributed by atoms with van der Waals surface area (Å²) < 4.78 is 2.62. The predicted octanol–water partition coefficient (Wildman–Crippen LogP) is 12.4. The van der Waals surface area contributed by atoms with Crippen LogP contribution < -0.4 is 0 Å². The molecular formula is C45H27N3S. The summed E-state index contributed by atoms with van der Waals surface area (Å²) >= 11 is 1.87. The minimum absolute atomic E-state index is 0.713. The highest BCUT2D eigenvalue weighted by Gasteiger charge is 2.17. The Morgan fingerprint density at radius 1 is 0.347 bits per heavy atom. The van der Waals surface area contributed by atoms with Gasteiger partial charge in [0.25, 0.3) is 0 Å². The van der Waals surface area contributed by atoms with Crippen LogP contribution in [0.25, 0.3) is 97.8 Å². The fraction of sp³-hybridized carbons (Fsp3) is 0. The maximum atomic E-state index is 5.25. The Hall–Kier alpha value is -6.23. The largest absolute Gasteiger partial charge is 0.247 e. The quantitative estimate of drug-likeness (QED) is 0.180. The topological polar surface area (TPSA) is 38.7 Å². The molecule has 49 heavy (non-hydrogen) atoms. The van der Waals surface area contributed by atoms with Gasteiger partial charge in [-0.25, -0.2) is 15.0 Å². The summed E-state index contributed by atoms with van der Waals surface area (Å²) in [5, 5.41) is 7.25. The summed E-state index contributed by atoms with van der Waals surface area (Å²) in [6.45, 7) is 0. The minimum atomic E-state index is 0.713. The highest BCUT2D eigenvalue weighted by atomic mass is 32.1. The van der Waals surface area contributed by atoms with E-state index in [4.69, 9.17) is 15.0 Å². The lowest BCUT2D eigenvalue weighted by Crippen LogP contribution is -1.96. The van der Waals surface area contributed by atoms with Crippen molar-refractivity contribution < 1.29 is 0 Å². The average molecular weight is 642 g/mol. The second-order valence-corrected chi connectivity index (χ2v) is 13.4. The van der Waals surface area contributed by atoms with Crippen molar-refractivity contribution in [2.75, 3.05) is 0 Å². The molecule has 0 N–H and O–H groups in total. The van der Waals surface area contributed by atoms with Gasteiger partial charge in [0.1, 0.15) is 0 Å². The zero-order chi connectivity index (χ0) is 32.3. The van der Waals surface area contributed by atoms with Crippen molar-refractivity contribution in [3.63, 3.8) is 0 Å². The summed E-state index contributed by atoms with van der Waals surface area (Å²) in [6, 6.07) is 57.7. The van der Waals surface area contributed by atoms with Crippen LogP contribution >= 0.6 is 11.3 Å². The molecule has 0 saturated carbocycles. The summed E-state index contributed by atoms with van der Waals surface area (Å²) in [5.74, 6) is 0.713. The van der Waals surface area contributed by atoms with E-state index in [1.165, 1.54) is 41.9 Å². The number of aromatic nitrogens is 3. The van der Waals surface area contributed by atoms with Crippen LogP contribution in [0.5, 0.6) is 0 Å². The van der Waals surface area contributed by atoms with Gasteiger partial charge < -0.3 is 0 Å². The van der Waals surface area contributed by atoms with E-state index in [0.717, 1.165) is 50.1 Å². The van der Waals surface area contributed by atoms with Crippen LogP contribution in [0.2, 0.25) is 0 Å². The van der Waals surface area contributed by atoms with Crippen LogP contribution in [0.4, 0.5) is 0 Å². The number of hydrogen-bond donors (Lipinski definition) is 0. The third-order valence-electron chi connectivity index (χ3n) is 9.47. The van der Waals surface area contributed by atoms with Gasteiger partial charge in [0, 0.05) is 58.4 Å². The molecule has 0 atom stereocenters. The van der Waals surface area contributed by atoms with Crippen LogP contribution in [0.15, 0.2) is 164 Å². The van der Waals surface area contributed by atoms with Gasteiger partial charge in [-0.15, -0.1) is 11.3 Å². The molecule has 0 amide bonds. The molecule has 0 radical (unpaired) electrons. The van der Waals surface area contributed by atoms with Gasteiger partial charge in [0.2, 0.25) is 0 Å². The lowest BCUT2D eigenvalue weighted by molar-refractivity contribution is 1.23. The van der Waals surface area contributed by atoms with Crippen molar-refractivity contribution in [1.82, 2.24) is 15.0 Å². The summed E-state index contributed by atoms with van der Waals surface area (Å²) in [5.41, 5.74) is 9.26. The Labute approximate surface area is 286 Å². The maximum absolute atomic E-state index is 5.25. The number of hydrogen-bond acceptors (Lipinski definition) is 4. The highest BCUT2D eigenvalue weighted by molar-refractivity contribution is 7.26. The van der Waals surface area contributed by atoms with Crippen molar-refractivity contribution in [1.29, 1.82) is 0 Å². The molecule has 0 spiro atoms. The smallest absolute Gasteiger partial charge is 0.160 e. The third kappa shape index (κ3) is 4.61. The molecule has 0 saturated heterocycles. The van der Waals surface area contributed by atoms with Crippen LogP contribution in [0, 0.1) is 0 Å². The zero-order valence-corrected chi connectivity index (χ0v) is 27.2. The Morgan fingerprint density at radius 3 is 1.73 bits per heavy atom. The van der Waals surface area contributed by atoms with E-state index in [2.05, 4.69) is 152 Å². The predicted molar refractivity (Wildman–Crippen MR) is 207 cm³/mol. The summed E-state index contributed by atoms with van der Waals surface area (Å²) in [7, 11) is 0. The van der Waals surface area contributed by atoms with Crippen molar-refractivity contribution >= 4 is 64.1 Å². The van der Waals surface area contributed by atoms with Gasteiger partial charge in [-0.1, -0.05) is 140 Å². The minimum Gasteiger partial charge on any atom is -0.247 e. The molecule has 0 aliphatic rings. The number of para-hydroxylation sites is 2. The first-order chi connectivity index (χ1) is 24.3. The fourth-order valence-electron chi connectivity index (χ4n) is 7.12. The van der Waals surface area contributed by atoms with Gasteiger partial charge in [0.15, 0.2) is 5.82 Å². The van der Waals surface area contributed by atoms with E-state index in [-0.39, 0.29) is 0 Å². The molecule has 10 aromatic rings. The molecule has 10 rings (SSSR count). The van der Waals surface area contributed by atoms with Crippen molar-refractivity contribution in [2.24, 2.45) is 0 Å². The second kappa shape index (κ2) is 11.2. The first-order valence-corrected chi connectivity index (χ1v) is 17.3. The number of thiophene rings is 1. The molecule has 228 valence electrons. The monoisotopic (exact) mass is 641 g/mol. The van der Waals surface area contributed by atoms with Gasteiger partial charge in [-0.2, -0.15) is 0 Å². The summed E-state index contributed by atoms with van der Waals surface area (Å²) in [4.78, 5) is 15.5. The molecule has 3 nitrogen and oxygen atoms in total. The van der Waals surface area contributed by atoms with E-state index >= 15 is 0 Å². The van der Waals surface area contributed by atoms with Gasteiger partial charge in [-0.3, -0.25) is 0 Å². The van der Waals surface area contributed by atoms with Crippen LogP contribution in [0.3, 0.4) is 0 Å². The molecule has 0 fully saturated rings. The van der Waals surface area contributed by atoms with Gasteiger partial charge in [0.05, 0.1) is 22.4 Å². The van der Waals surface area contributed by atoms with Crippen molar-refractivity contribution in [3.8, 4) is 45.0 Å². The lowest BCUT2D eigenvalue weighted by atomic mass is 9.97. The molecule has 0 aliphatic carbocycles. The van der Waals surface area contributed by atoms with E-state index < -0.39 is 0 Å². The maximum Gasteiger partial charge on any atom is 0.160 e.